The molecule has 0 bridgehead atoms. The number of aliphatic carboxylic acids is 1. The number of ether oxygens (including phenoxy) is 1. The molecule has 0 heterocycles. The zero-order valence-electron chi connectivity index (χ0n) is 10.5. The third-order valence-electron chi connectivity index (χ3n) is 2.52. The van der Waals surface area contributed by atoms with Crippen LogP contribution in [0.3, 0.4) is 0 Å². The lowest BCUT2D eigenvalue weighted by atomic mass is 10.0. The number of ketones is 1. The summed E-state index contributed by atoms with van der Waals surface area (Å²) in [7, 11) is 0. The number of rotatable bonds is 6. The Morgan fingerprint density at radius 1 is 1.44 bits per heavy atom. The van der Waals surface area contributed by atoms with E-state index in [-0.39, 0.29) is 12.2 Å². The van der Waals surface area contributed by atoms with Crippen molar-refractivity contribution in [2.75, 3.05) is 6.61 Å². The fraction of sp³-hybridized carbons (Fsp3) is 0.385. The molecule has 0 spiro atoms. The van der Waals surface area contributed by atoms with E-state index in [1.54, 1.807) is 18.2 Å². The van der Waals surface area contributed by atoms with Gasteiger partial charge in [0.1, 0.15) is 11.8 Å². The van der Waals surface area contributed by atoms with Gasteiger partial charge in [-0.15, -0.1) is 0 Å². The molecule has 0 aliphatic carbocycles. The minimum atomic E-state index is -1.08. The van der Waals surface area contributed by atoms with Gasteiger partial charge < -0.3 is 15.6 Å². The molecule has 0 fully saturated rings. The number of hydrogen-bond acceptors (Lipinski definition) is 4. The third-order valence-corrected chi connectivity index (χ3v) is 2.52. The maximum atomic E-state index is 11.3. The molecule has 0 unspecified atom stereocenters. The summed E-state index contributed by atoms with van der Waals surface area (Å²) in [5.41, 5.74) is 6.66. The summed E-state index contributed by atoms with van der Waals surface area (Å²) >= 11 is 0. The van der Waals surface area contributed by atoms with Crippen LogP contribution in [0, 0.1) is 0 Å². The van der Waals surface area contributed by atoms with Crippen LogP contribution in [0.2, 0.25) is 0 Å². The highest BCUT2D eigenvalue weighted by Crippen LogP contribution is 2.22. The van der Waals surface area contributed by atoms with Gasteiger partial charge in [0.2, 0.25) is 0 Å². The number of carboxylic acid groups (broad SMARTS) is 1. The monoisotopic (exact) mass is 251 g/mol. The number of hydrogen-bond donors (Lipinski definition) is 2. The first-order valence-electron chi connectivity index (χ1n) is 5.70. The van der Waals surface area contributed by atoms with Crippen molar-refractivity contribution in [3.63, 3.8) is 0 Å². The number of carbonyl (C=O) groups excluding carboxylic acids is 1. The molecular formula is C13H17NO4. The Morgan fingerprint density at radius 2 is 2.11 bits per heavy atom. The second-order valence-corrected chi connectivity index (χ2v) is 3.96. The Hall–Kier alpha value is -1.88. The molecule has 5 heteroatoms. The van der Waals surface area contributed by atoms with E-state index in [1.165, 1.54) is 6.92 Å². The normalized spacial score (nSPS) is 11.9. The van der Waals surface area contributed by atoms with E-state index in [9.17, 15) is 9.59 Å². The second kappa shape index (κ2) is 6.16. The van der Waals surface area contributed by atoms with Gasteiger partial charge in [0.15, 0.2) is 5.78 Å². The zero-order valence-corrected chi connectivity index (χ0v) is 10.5. The standard InChI is InChI=1S/C13H17NO4/c1-3-18-12-5-4-9(8(2)15)6-10(12)7-11(14)13(16)17/h4-6,11H,3,7,14H2,1-2H3,(H,16,17)/t11-/m0/s1. The van der Waals surface area contributed by atoms with Gasteiger partial charge in [0.25, 0.3) is 0 Å². The summed E-state index contributed by atoms with van der Waals surface area (Å²) in [4.78, 5) is 22.1. The predicted molar refractivity (Wildman–Crippen MR) is 66.9 cm³/mol. The van der Waals surface area contributed by atoms with E-state index in [0.717, 1.165) is 0 Å². The molecular weight excluding hydrogens is 234 g/mol. The Morgan fingerprint density at radius 3 is 2.61 bits per heavy atom. The molecule has 1 atom stereocenters. The first-order valence-corrected chi connectivity index (χ1v) is 5.70. The van der Waals surface area contributed by atoms with Gasteiger partial charge in [-0.25, -0.2) is 0 Å². The number of carboxylic acids is 1. The summed E-state index contributed by atoms with van der Waals surface area (Å²) in [6, 6.07) is 3.95. The summed E-state index contributed by atoms with van der Waals surface area (Å²) in [5, 5.41) is 8.81. The van der Waals surface area contributed by atoms with Gasteiger partial charge in [-0.1, -0.05) is 0 Å². The van der Waals surface area contributed by atoms with Gasteiger partial charge in [-0.05, 0) is 37.6 Å². The molecule has 3 N–H and O–H groups in total. The highest BCUT2D eigenvalue weighted by atomic mass is 16.5. The van der Waals surface area contributed by atoms with Crippen LogP contribution in [-0.2, 0) is 11.2 Å². The van der Waals surface area contributed by atoms with Gasteiger partial charge in [0.05, 0.1) is 6.61 Å². The molecule has 1 aromatic carbocycles. The fourth-order valence-corrected chi connectivity index (χ4v) is 1.58. The first-order chi connectivity index (χ1) is 8.45. The van der Waals surface area contributed by atoms with E-state index in [2.05, 4.69) is 0 Å². The lowest BCUT2D eigenvalue weighted by Crippen LogP contribution is -2.32. The number of benzene rings is 1. The minimum absolute atomic E-state index is 0.0804. The largest absolute Gasteiger partial charge is 0.494 e. The van der Waals surface area contributed by atoms with Crippen LogP contribution in [0.1, 0.15) is 29.8 Å². The van der Waals surface area contributed by atoms with Gasteiger partial charge in [-0.2, -0.15) is 0 Å². The lowest BCUT2D eigenvalue weighted by Gasteiger charge is -2.13. The van der Waals surface area contributed by atoms with Crippen molar-refractivity contribution in [3.8, 4) is 5.75 Å². The molecule has 98 valence electrons. The maximum absolute atomic E-state index is 11.3. The first kappa shape index (κ1) is 14.2. The van der Waals surface area contributed by atoms with Crippen LogP contribution in [0.4, 0.5) is 0 Å². The number of nitrogens with two attached hydrogens (primary N) is 1. The van der Waals surface area contributed by atoms with Crippen LogP contribution in [0.5, 0.6) is 5.75 Å². The van der Waals surface area contributed by atoms with Crippen molar-refractivity contribution >= 4 is 11.8 Å². The SMILES string of the molecule is CCOc1ccc(C(C)=O)cc1C[C@H](N)C(=O)O. The molecule has 0 aromatic heterocycles. The molecule has 18 heavy (non-hydrogen) atoms. The molecule has 0 aliphatic heterocycles. The average Bonchev–Trinajstić information content (AvgIpc) is 2.31. The Labute approximate surface area is 106 Å². The van der Waals surface area contributed by atoms with Crippen LogP contribution in [0.15, 0.2) is 18.2 Å². The summed E-state index contributed by atoms with van der Waals surface area (Å²) in [6.07, 6.45) is 0.131. The van der Waals surface area contributed by atoms with Crippen molar-refractivity contribution in [2.45, 2.75) is 26.3 Å². The van der Waals surface area contributed by atoms with Crippen LogP contribution >= 0.6 is 0 Å². The Balaban J connectivity index is 3.06. The molecule has 5 nitrogen and oxygen atoms in total. The van der Waals surface area contributed by atoms with E-state index in [1.807, 2.05) is 6.92 Å². The average molecular weight is 251 g/mol. The number of Topliss-reactive ketones (excluding diaryl/α,β-unsaturated/α-hetero) is 1. The van der Waals surface area contributed by atoms with Gasteiger partial charge >= 0.3 is 5.97 Å². The van der Waals surface area contributed by atoms with E-state index in [4.69, 9.17) is 15.6 Å². The zero-order chi connectivity index (χ0) is 13.7. The smallest absolute Gasteiger partial charge is 0.320 e. The fourth-order valence-electron chi connectivity index (χ4n) is 1.58. The van der Waals surface area contributed by atoms with E-state index < -0.39 is 12.0 Å². The third kappa shape index (κ3) is 3.56. The summed E-state index contributed by atoms with van der Waals surface area (Å²) in [5.74, 6) is -0.590. The van der Waals surface area contributed by atoms with Crippen molar-refractivity contribution in [3.05, 3.63) is 29.3 Å². The molecule has 0 saturated heterocycles. The van der Waals surface area contributed by atoms with Crippen LogP contribution in [-0.4, -0.2) is 29.5 Å². The Kier molecular flexibility index (Phi) is 4.85. The molecule has 0 saturated carbocycles. The molecule has 0 amide bonds. The maximum Gasteiger partial charge on any atom is 0.320 e. The quantitative estimate of drug-likeness (QED) is 0.742. The van der Waals surface area contributed by atoms with Crippen molar-refractivity contribution in [2.24, 2.45) is 5.73 Å². The predicted octanol–water partition coefficient (Wildman–Crippen LogP) is 1.24. The molecule has 0 radical (unpaired) electrons. The van der Waals surface area contributed by atoms with E-state index in [0.29, 0.717) is 23.5 Å². The molecule has 1 rings (SSSR count). The van der Waals surface area contributed by atoms with Crippen molar-refractivity contribution in [1.82, 2.24) is 0 Å². The Bertz CT molecular complexity index is 456. The minimum Gasteiger partial charge on any atom is -0.494 e. The van der Waals surface area contributed by atoms with Crippen molar-refractivity contribution < 1.29 is 19.4 Å². The molecule has 1 aromatic rings. The van der Waals surface area contributed by atoms with Crippen LogP contribution in [0.25, 0.3) is 0 Å². The van der Waals surface area contributed by atoms with Crippen molar-refractivity contribution in [1.29, 1.82) is 0 Å². The highest BCUT2D eigenvalue weighted by Gasteiger charge is 2.16. The second-order valence-electron chi connectivity index (χ2n) is 3.96. The summed E-state index contributed by atoms with van der Waals surface area (Å²) in [6.45, 7) is 3.76. The lowest BCUT2D eigenvalue weighted by molar-refractivity contribution is -0.138. The van der Waals surface area contributed by atoms with Gasteiger partial charge in [-0.3, -0.25) is 9.59 Å². The van der Waals surface area contributed by atoms with Crippen LogP contribution < -0.4 is 10.5 Å². The van der Waals surface area contributed by atoms with E-state index >= 15 is 0 Å². The van der Waals surface area contributed by atoms with Gasteiger partial charge in [0, 0.05) is 12.0 Å². The highest BCUT2D eigenvalue weighted by molar-refractivity contribution is 5.94. The number of carbonyl (C=O) groups is 2. The summed E-state index contributed by atoms with van der Waals surface area (Å²) < 4.78 is 5.39. The topological polar surface area (TPSA) is 89.6 Å². The molecule has 0 aliphatic rings.